The van der Waals surface area contributed by atoms with Crippen molar-refractivity contribution in [3.8, 4) is 0 Å². The predicted molar refractivity (Wildman–Crippen MR) is 72.1 cm³/mol. The fourth-order valence-corrected chi connectivity index (χ4v) is 2.08. The van der Waals surface area contributed by atoms with E-state index in [1.54, 1.807) is 7.11 Å². The molecule has 0 radical (unpaired) electrons. The van der Waals surface area contributed by atoms with Gasteiger partial charge in [-0.2, -0.15) is 0 Å². The highest BCUT2D eigenvalue weighted by Gasteiger charge is 2.12. The molecule has 0 saturated carbocycles. The van der Waals surface area contributed by atoms with E-state index < -0.39 is 0 Å². The number of benzene rings is 1. The molecule has 0 saturated heterocycles. The summed E-state index contributed by atoms with van der Waals surface area (Å²) in [6, 6.07) is 7.41. The van der Waals surface area contributed by atoms with E-state index in [0.29, 0.717) is 23.9 Å². The molecule has 1 heterocycles. The molecule has 2 rings (SSSR count). The molecule has 5 heteroatoms. The van der Waals surface area contributed by atoms with E-state index in [2.05, 4.69) is 5.32 Å². The molecule has 0 aliphatic carbocycles. The zero-order valence-electron chi connectivity index (χ0n) is 10.4. The van der Waals surface area contributed by atoms with Crippen molar-refractivity contribution < 1.29 is 9.53 Å². The minimum absolute atomic E-state index is 0.109. The van der Waals surface area contributed by atoms with Crippen LogP contribution >= 0.6 is 11.6 Å². The number of aromatic nitrogens is 1. The minimum atomic E-state index is -0.109. The van der Waals surface area contributed by atoms with E-state index in [-0.39, 0.29) is 5.91 Å². The third-order valence-corrected chi connectivity index (χ3v) is 3.06. The van der Waals surface area contributed by atoms with Gasteiger partial charge in [-0.15, -0.1) is 0 Å². The Labute approximate surface area is 110 Å². The van der Waals surface area contributed by atoms with Crippen molar-refractivity contribution in [2.24, 2.45) is 7.05 Å². The average molecular weight is 267 g/mol. The van der Waals surface area contributed by atoms with E-state index in [4.69, 9.17) is 16.3 Å². The molecule has 0 aliphatic rings. The first-order chi connectivity index (χ1) is 8.63. The third kappa shape index (κ3) is 2.49. The van der Waals surface area contributed by atoms with Crippen LogP contribution in [0, 0.1) is 0 Å². The van der Waals surface area contributed by atoms with Gasteiger partial charge in [-0.1, -0.05) is 11.6 Å². The Morgan fingerprint density at radius 3 is 2.94 bits per heavy atom. The molecule has 4 nitrogen and oxygen atoms in total. The smallest absolute Gasteiger partial charge is 0.268 e. The summed E-state index contributed by atoms with van der Waals surface area (Å²) in [4.78, 5) is 12.0. The van der Waals surface area contributed by atoms with E-state index >= 15 is 0 Å². The van der Waals surface area contributed by atoms with Crippen LogP contribution < -0.4 is 5.32 Å². The number of hydrogen-bond donors (Lipinski definition) is 1. The van der Waals surface area contributed by atoms with Crippen molar-refractivity contribution in [3.05, 3.63) is 35.0 Å². The van der Waals surface area contributed by atoms with Gasteiger partial charge in [0.2, 0.25) is 0 Å². The molecular weight excluding hydrogens is 252 g/mol. The van der Waals surface area contributed by atoms with Gasteiger partial charge < -0.3 is 14.6 Å². The molecule has 0 unspecified atom stereocenters. The van der Waals surface area contributed by atoms with Crippen LogP contribution in [0.5, 0.6) is 0 Å². The van der Waals surface area contributed by atoms with Crippen LogP contribution in [0.1, 0.15) is 10.5 Å². The van der Waals surface area contributed by atoms with Crippen molar-refractivity contribution >= 4 is 28.4 Å². The molecule has 96 valence electrons. The van der Waals surface area contributed by atoms with Crippen LogP contribution in [0.4, 0.5) is 0 Å². The van der Waals surface area contributed by atoms with Crippen molar-refractivity contribution in [2.75, 3.05) is 20.3 Å². The number of methoxy groups -OCH3 is 1. The number of nitrogens with zero attached hydrogens (tertiary/aromatic N) is 1. The van der Waals surface area contributed by atoms with Crippen molar-refractivity contribution in [2.45, 2.75) is 0 Å². The Bertz CT molecular complexity index is 578. The molecule has 0 bridgehead atoms. The maximum atomic E-state index is 12.0. The van der Waals surface area contributed by atoms with E-state index in [1.165, 1.54) is 0 Å². The van der Waals surface area contributed by atoms with E-state index in [0.717, 1.165) is 10.9 Å². The Morgan fingerprint density at radius 1 is 1.44 bits per heavy atom. The van der Waals surface area contributed by atoms with E-state index in [9.17, 15) is 4.79 Å². The number of fused-ring (bicyclic) bond motifs is 1. The van der Waals surface area contributed by atoms with Gasteiger partial charge in [-0.25, -0.2) is 0 Å². The second kappa shape index (κ2) is 5.42. The van der Waals surface area contributed by atoms with E-state index in [1.807, 2.05) is 35.9 Å². The van der Waals surface area contributed by atoms with Crippen LogP contribution in [0.25, 0.3) is 10.9 Å². The summed E-state index contributed by atoms with van der Waals surface area (Å²) < 4.78 is 6.75. The summed E-state index contributed by atoms with van der Waals surface area (Å²) in [5.74, 6) is -0.109. The number of hydrogen-bond acceptors (Lipinski definition) is 2. The molecule has 1 N–H and O–H groups in total. The first-order valence-corrected chi connectivity index (χ1v) is 6.03. The summed E-state index contributed by atoms with van der Waals surface area (Å²) >= 11 is 5.94. The molecule has 18 heavy (non-hydrogen) atoms. The highest BCUT2D eigenvalue weighted by atomic mass is 35.5. The first-order valence-electron chi connectivity index (χ1n) is 5.65. The molecule has 0 atom stereocenters. The lowest BCUT2D eigenvalue weighted by Crippen LogP contribution is -2.28. The van der Waals surface area contributed by atoms with Gasteiger partial charge in [-0.3, -0.25) is 4.79 Å². The topological polar surface area (TPSA) is 43.3 Å². The number of ether oxygens (including phenoxy) is 1. The molecule has 1 aromatic heterocycles. The summed E-state index contributed by atoms with van der Waals surface area (Å²) in [5, 5.41) is 4.42. The second-order valence-electron chi connectivity index (χ2n) is 4.04. The van der Waals surface area contributed by atoms with Crippen LogP contribution in [0.3, 0.4) is 0 Å². The molecule has 1 aromatic carbocycles. The number of halogens is 1. The Morgan fingerprint density at radius 2 is 2.22 bits per heavy atom. The maximum absolute atomic E-state index is 12.0. The number of rotatable bonds is 4. The Balaban J connectivity index is 2.28. The summed E-state index contributed by atoms with van der Waals surface area (Å²) in [5.41, 5.74) is 1.60. The molecule has 2 aromatic rings. The van der Waals surface area contributed by atoms with Crippen LogP contribution in [0.2, 0.25) is 5.02 Å². The normalized spacial score (nSPS) is 10.8. The zero-order valence-corrected chi connectivity index (χ0v) is 11.1. The summed E-state index contributed by atoms with van der Waals surface area (Å²) in [6.07, 6.45) is 0. The lowest BCUT2D eigenvalue weighted by atomic mass is 10.2. The fourth-order valence-electron chi connectivity index (χ4n) is 1.90. The summed E-state index contributed by atoms with van der Waals surface area (Å²) in [7, 11) is 3.46. The highest BCUT2D eigenvalue weighted by Crippen LogP contribution is 2.22. The lowest BCUT2D eigenvalue weighted by Gasteiger charge is -2.05. The van der Waals surface area contributed by atoms with Crippen LogP contribution in [-0.4, -0.2) is 30.7 Å². The number of carbonyl (C=O) groups is 1. The van der Waals surface area contributed by atoms with Crippen LogP contribution in [0.15, 0.2) is 24.3 Å². The van der Waals surface area contributed by atoms with Crippen molar-refractivity contribution in [3.63, 3.8) is 0 Å². The molecule has 0 spiro atoms. The summed E-state index contributed by atoms with van der Waals surface area (Å²) in [6.45, 7) is 0.999. The Hall–Kier alpha value is -1.52. The number of aryl methyl sites for hydroxylation is 1. The molecular formula is C13H15ClN2O2. The first kappa shape index (κ1) is 12.9. The van der Waals surface area contributed by atoms with Gasteiger partial charge in [0.1, 0.15) is 5.69 Å². The van der Waals surface area contributed by atoms with Gasteiger partial charge in [0.25, 0.3) is 5.91 Å². The van der Waals surface area contributed by atoms with Gasteiger partial charge in [0, 0.05) is 36.6 Å². The van der Waals surface area contributed by atoms with Crippen molar-refractivity contribution in [1.29, 1.82) is 0 Å². The van der Waals surface area contributed by atoms with Gasteiger partial charge >= 0.3 is 0 Å². The highest BCUT2D eigenvalue weighted by molar-refractivity contribution is 6.31. The fraction of sp³-hybridized carbons (Fsp3) is 0.308. The van der Waals surface area contributed by atoms with Gasteiger partial charge in [-0.05, 0) is 24.3 Å². The monoisotopic (exact) mass is 266 g/mol. The largest absolute Gasteiger partial charge is 0.383 e. The number of carbonyl (C=O) groups excluding carboxylic acids is 1. The molecule has 0 aliphatic heterocycles. The molecule has 0 fully saturated rings. The quantitative estimate of drug-likeness (QED) is 0.863. The SMILES string of the molecule is COCCNC(=O)c1cc2cc(Cl)ccc2n1C. The lowest BCUT2D eigenvalue weighted by molar-refractivity contribution is 0.0929. The average Bonchev–Trinajstić information content (AvgIpc) is 2.66. The predicted octanol–water partition coefficient (Wildman–Crippen LogP) is 2.21. The van der Waals surface area contributed by atoms with Gasteiger partial charge in [0.05, 0.1) is 6.61 Å². The van der Waals surface area contributed by atoms with Gasteiger partial charge in [0.15, 0.2) is 0 Å². The van der Waals surface area contributed by atoms with Crippen LogP contribution in [-0.2, 0) is 11.8 Å². The number of nitrogens with one attached hydrogen (secondary N) is 1. The number of amides is 1. The standard InChI is InChI=1S/C13H15ClN2O2/c1-16-11-4-3-10(14)7-9(11)8-12(16)13(17)15-5-6-18-2/h3-4,7-8H,5-6H2,1-2H3,(H,15,17). The molecule has 1 amide bonds. The Kier molecular flexibility index (Phi) is 3.89. The second-order valence-corrected chi connectivity index (χ2v) is 4.48. The van der Waals surface area contributed by atoms with Crippen molar-refractivity contribution in [1.82, 2.24) is 9.88 Å². The minimum Gasteiger partial charge on any atom is -0.383 e. The maximum Gasteiger partial charge on any atom is 0.268 e. The third-order valence-electron chi connectivity index (χ3n) is 2.83. The zero-order chi connectivity index (χ0) is 13.1.